The molecule has 2 aromatic rings. The highest BCUT2D eigenvalue weighted by Gasteiger charge is 2.39. The van der Waals surface area contributed by atoms with Crippen molar-refractivity contribution in [2.24, 2.45) is 0 Å². The number of nitrogens with zero attached hydrogens (tertiary/aromatic N) is 3. The number of sulfonamides is 1. The van der Waals surface area contributed by atoms with Crippen LogP contribution in [0.4, 0.5) is 0 Å². The first-order valence-corrected chi connectivity index (χ1v) is 9.24. The van der Waals surface area contributed by atoms with Gasteiger partial charge >= 0.3 is 0 Å². The first-order chi connectivity index (χ1) is 10.6. The summed E-state index contributed by atoms with van der Waals surface area (Å²) in [6.45, 7) is 1.50. The fourth-order valence-electron chi connectivity index (χ4n) is 2.28. The minimum atomic E-state index is -3.54. The molecule has 0 aliphatic heterocycles. The minimum absolute atomic E-state index is 0.0436. The molecule has 0 bridgehead atoms. The van der Waals surface area contributed by atoms with Crippen LogP contribution in [0.2, 0.25) is 10.0 Å². The Morgan fingerprint density at radius 2 is 2.13 bits per heavy atom. The van der Waals surface area contributed by atoms with Gasteiger partial charge in [-0.1, -0.05) is 29.3 Å². The lowest BCUT2D eigenvalue weighted by Crippen LogP contribution is -2.51. The molecule has 23 heavy (non-hydrogen) atoms. The molecular formula is C13H16Cl2N4O3S. The first-order valence-electron chi connectivity index (χ1n) is 6.59. The van der Waals surface area contributed by atoms with Gasteiger partial charge in [0.25, 0.3) is 0 Å². The minimum Gasteiger partial charge on any atom is -0.381 e. The molecule has 0 spiro atoms. The van der Waals surface area contributed by atoms with E-state index in [-0.39, 0.29) is 11.6 Å². The van der Waals surface area contributed by atoms with Gasteiger partial charge < -0.3 is 5.11 Å². The number of hydrogen-bond acceptors (Lipinski definition) is 5. The van der Waals surface area contributed by atoms with E-state index in [1.807, 2.05) is 0 Å². The molecule has 2 rings (SSSR count). The zero-order valence-corrected chi connectivity index (χ0v) is 14.8. The third-order valence-corrected chi connectivity index (χ3v) is 4.70. The highest BCUT2D eigenvalue weighted by Crippen LogP contribution is 2.34. The maximum atomic E-state index is 11.6. The predicted molar refractivity (Wildman–Crippen MR) is 87.8 cm³/mol. The molecule has 0 radical (unpaired) electrons. The number of nitrogens with one attached hydrogen (secondary N) is 1. The second-order valence-electron chi connectivity index (χ2n) is 5.25. The lowest BCUT2D eigenvalue weighted by Gasteiger charge is -2.35. The van der Waals surface area contributed by atoms with E-state index in [1.54, 1.807) is 19.1 Å². The molecule has 0 aliphatic carbocycles. The Bertz CT molecular complexity index is 783. The highest BCUT2D eigenvalue weighted by atomic mass is 35.5. The Labute approximate surface area is 144 Å². The monoisotopic (exact) mass is 378 g/mol. The number of aromatic nitrogens is 3. The molecule has 1 aromatic carbocycles. The van der Waals surface area contributed by atoms with Crippen LogP contribution in [0.25, 0.3) is 0 Å². The lowest BCUT2D eigenvalue weighted by molar-refractivity contribution is -0.0102. The fraction of sp³-hybridized carbons (Fsp3) is 0.385. The van der Waals surface area contributed by atoms with Crippen molar-refractivity contribution in [3.8, 4) is 0 Å². The summed E-state index contributed by atoms with van der Waals surface area (Å²) in [7, 11) is -3.54. The van der Waals surface area contributed by atoms with Gasteiger partial charge in [-0.3, -0.25) is 0 Å². The first kappa shape index (κ1) is 18.2. The van der Waals surface area contributed by atoms with Crippen molar-refractivity contribution >= 4 is 33.2 Å². The van der Waals surface area contributed by atoms with E-state index in [0.29, 0.717) is 10.6 Å². The molecular weight excluding hydrogens is 363 g/mol. The second-order valence-corrected chi connectivity index (χ2v) is 7.88. The summed E-state index contributed by atoms with van der Waals surface area (Å²) in [6, 6.07) is 3.74. The quantitative estimate of drug-likeness (QED) is 0.791. The van der Waals surface area contributed by atoms with Crippen LogP contribution in [-0.2, 0) is 22.2 Å². The molecule has 7 nitrogen and oxygen atoms in total. The van der Waals surface area contributed by atoms with Gasteiger partial charge in [0.15, 0.2) is 0 Å². The van der Waals surface area contributed by atoms with Crippen LogP contribution in [0.5, 0.6) is 0 Å². The average Bonchev–Trinajstić information content (AvgIpc) is 2.88. The van der Waals surface area contributed by atoms with E-state index in [1.165, 1.54) is 23.4 Å². The number of hydrogen-bond donors (Lipinski definition) is 2. The van der Waals surface area contributed by atoms with Crippen molar-refractivity contribution in [1.82, 2.24) is 19.5 Å². The Morgan fingerprint density at radius 1 is 1.43 bits per heavy atom. The summed E-state index contributed by atoms with van der Waals surface area (Å²) >= 11 is 12.1. The Kier molecular flexibility index (Phi) is 5.32. The molecule has 0 fully saturated rings. The van der Waals surface area contributed by atoms with Gasteiger partial charge in [-0.2, -0.15) is 5.10 Å². The summed E-state index contributed by atoms with van der Waals surface area (Å²) in [5, 5.41) is 15.8. The smallest absolute Gasteiger partial charge is 0.209 e. The van der Waals surface area contributed by atoms with E-state index < -0.39 is 21.7 Å². The van der Waals surface area contributed by atoms with Gasteiger partial charge in [-0.25, -0.2) is 22.8 Å². The molecule has 1 heterocycles. The normalized spacial score (nSPS) is 16.0. The summed E-state index contributed by atoms with van der Waals surface area (Å²) in [5.41, 5.74) is -1.32. The standard InChI is InChI=1S/C13H16Cl2N4O3S/c1-9(18-23(2,21)22)13(20,6-19-8-16-7-17-19)11-4-3-10(14)5-12(11)15/h3-5,7-9,18,20H,6H2,1-2H3/t9-,13-/m1/s1. The van der Waals surface area contributed by atoms with E-state index >= 15 is 0 Å². The van der Waals surface area contributed by atoms with Gasteiger partial charge in [-0.05, 0) is 19.1 Å². The summed E-state index contributed by atoms with van der Waals surface area (Å²) < 4.78 is 26.9. The molecule has 2 atom stereocenters. The molecule has 0 unspecified atom stereocenters. The van der Waals surface area contributed by atoms with Gasteiger partial charge in [-0.15, -0.1) is 0 Å². The average molecular weight is 379 g/mol. The van der Waals surface area contributed by atoms with Crippen LogP contribution in [-0.4, -0.2) is 40.6 Å². The Hall–Kier alpha value is -1.19. The van der Waals surface area contributed by atoms with Crippen LogP contribution in [0.1, 0.15) is 12.5 Å². The molecule has 126 valence electrons. The predicted octanol–water partition coefficient (Wildman–Crippen LogP) is 1.41. The van der Waals surface area contributed by atoms with Gasteiger partial charge in [0.1, 0.15) is 18.3 Å². The number of aliphatic hydroxyl groups is 1. The van der Waals surface area contributed by atoms with Gasteiger partial charge in [0.05, 0.1) is 18.8 Å². The highest BCUT2D eigenvalue weighted by molar-refractivity contribution is 7.88. The van der Waals surface area contributed by atoms with Gasteiger partial charge in [0.2, 0.25) is 10.0 Å². The Morgan fingerprint density at radius 3 is 2.65 bits per heavy atom. The fourth-order valence-corrected chi connectivity index (χ4v) is 3.69. The summed E-state index contributed by atoms with van der Waals surface area (Å²) in [6.07, 6.45) is 3.75. The third kappa shape index (κ3) is 4.42. The molecule has 2 N–H and O–H groups in total. The van der Waals surface area contributed by atoms with Crippen LogP contribution in [0.15, 0.2) is 30.9 Å². The largest absolute Gasteiger partial charge is 0.381 e. The third-order valence-electron chi connectivity index (χ3n) is 3.37. The lowest BCUT2D eigenvalue weighted by atomic mass is 9.87. The van der Waals surface area contributed by atoms with Crippen molar-refractivity contribution in [2.45, 2.75) is 25.1 Å². The second kappa shape index (κ2) is 6.74. The number of benzene rings is 1. The van der Waals surface area contributed by atoms with Crippen molar-refractivity contribution in [3.63, 3.8) is 0 Å². The van der Waals surface area contributed by atoms with Gasteiger partial charge in [0, 0.05) is 15.6 Å². The van der Waals surface area contributed by atoms with E-state index in [2.05, 4.69) is 14.8 Å². The van der Waals surface area contributed by atoms with E-state index in [9.17, 15) is 13.5 Å². The Balaban J connectivity index is 2.49. The zero-order valence-electron chi connectivity index (χ0n) is 12.4. The summed E-state index contributed by atoms with van der Waals surface area (Å²) in [5.74, 6) is 0. The molecule has 1 aromatic heterocycles. The van der Waals surface area contributed by atoms with Crippen molar-refractivity contribution < 1.29 is 13.5 Å². The zero-order chi connectivity index (χ0) is 17.3. The van der Waals surface area contributed by atoms with Crippen molar-refractivity contribution in [2.75, 3.05) is 6.26 Å². The molecule has 10 heteroatoms. The van der Waals surface area contributed by atoms with Crippen molar-refractivity contribution in [3.05, 3.63) is 46.5 Å². The topological polar surface area (TPSA) is 97.1 Å². The van der Waals surface area contributed by atoms with Crippen LogP contribution in [0.3, 0.4) is 0 Å². The van der Waals surface area contributed by atoms with Crippen molar-refractivity contribution in [1.29, 1.82) is 0 Å². The molecule has 0 aliphatic rings. The summed E-state index contributed by atoms with van der Waals surface area (Å²) in [4.78, 5) is 3.82. The molecule has 0 saturated carbocycles. The van der Waals surface area contributed by atoms with Crippen LogP contribution >= 0.6 is 23.2 Å². The van der Waals surface area contributed by atoms with Crippen LogP contribution in [0, 0.1) is 0 Å². The van der Waals surface area contributed by atoms with E-state index in [4.69, 9.17) is 23.2 Å². The maximum absolute atomic E-state index is 11.6. The van der Waals surface area contributed by atoms with E-state index in [0.717, 1.165) is 6.26 Å². The molecule has 0 amide bonds. The SMILES string of the molecule is C[C@@H](NS(C)(=O)=O)[C@](O)(Cn1cncn1)c1ccc(Cl)cc1Cl. The number of rotatable bonds is 6. The molecule has 0 saturated heterocycles. The number of halogens is 2. The van der Waals surface area contributed by atoms with Crippen LogP contribution < -0.4 is 4.72 Å². The maximum Gasteiger partial charge on any atom is 0.209 e.